The first-order chi connectivity index (χ1) is 10.6. The van der Waals surface area contributed by atoms with Crippen molar-refractivity contribution in [2.24, 2.45) is 11.8 Å². The van der Waals surface area contributed by atoms with Crippen LogP contribution in [0.4, 0.5) is 5.69 Å². The minimum Gasteiger partial charge on any atom is -0.325 e. The number of anilines is 1. The van der Waals surface area contributed by atoms with E-state index in [0.717, 1.165) is 8.47 Å². The Hall–Kier alpha value is -1.70. The van der Waals surface area contributed by atoms with Gasteiger partial charge in [-0.15, -0.1) is 0 Å². The lowest BCUT2D eigenvalue weighted by Crippen LogP contribution is -2.38. The lowest BCUT2D eigenvalue weighted by molar-refractivity contribution is -0.142. The first kappa shape index (κ1) is 15.2. The van der Waals surface area contributed by atoms with E-state index in [9.17, 15) is 14.4 Å². The molecule has 0 radical (unpaired) electrons. The van der Waals surface area contributed by atoms with E-state index in [1.54, 1.807) is 12.1 Å². The fourth-order valence-corrected chi connectivity index (χ4v) is 3.26. The van der Waals surface area contributed by atoms with Crippen LogP contribution in [0.2, 0.25) is 0 Å². The van der Waals surface area contributed by atoms with Crippen molar-refractivity contribution in [3.05, 3.63) is 40.0 Å². The molecule has 1 N–H and O–H groups in total. The number of benzene rings is 1. The predicted molar refractivity (Wildman–Crippen MR) is 89.9 cm³/mol. The smallest absolute Gasteiger partial charge is 0.244 e. The molecule has 1 aliphatic heterocycles. The van der Waals surface area contributed by atoms with Crippen molar-refractivity contribution in [1.82, 2.24) is 4.90 Å². The van der Waals surface area contributed by atoms with Gasteiger partial charge in [-0.25, -0.2) is 0 Å². The van der Waals surface area contributed by atoms with Crippen molar-refractivity contribution in [2.75, 3.05) is 11.9 Å². The van der Waals surface area contributed by atoms with E-state index in [0.29, 0.717) is 18.5 Å². The van der Waals surface area contributed by atoms with Gasteiger partial charge in [-0.2, -0.15) is 0 Å². The summed E-state index contributed by atoms with van der Waals surface area (Å²) in [6.07, 6.45) is 5.04. The first-order valence-electron chi connectivity index (χ1n) is 7.12. The lowest BCUT2D eigenvalue weighted by Gasteiger charge is -2.14. The molecule has 0 spiro atoms. The summed E-state index contributed by atoms with van der Waals surface area (Å²) in [7, 11) is 0. The molecule has 2 atom stereocenters. The number of allylic oxidation sites excluding steroid dienone is 2. The van der Waals surface area contributed by atoms with Gasteiger partial charge in [0.05, 0.1) is 11.8 Å². The van der Waals surface area contributed by atoms with E-state index in [2.05, 4.69) is 27.9 Å². The zero-order valence-corrected chi connectivity index (χ0v) is 13.9. The number of hydrogen-bond acceptors (Lipinski definition) is 3. The highest BCUT2D eigenvalue weighted by Crippen LogP contribution is 2.34. The number of nitrogens with one attached hydrogen (secondary N) is 1. The molecule has 0 saturated carbocycles. The summed E-state index contributed by atoms with van der Waals surface area (Å²) in [6, 6.07) is 7.33. The standard InChI is InChI=1S/C16H15IN2O3/c17-10-5-7-11(8-6-10)18-14(20)9-19-15(21)12-3-1-2-4-13(12)16(19)22/h1-2,5-8,12-13H,3-4,9H2,(H,18,20). The minimum absolute atomic E-state index is 0.212. The molecule has 6 heteroatoms. The van der Waals surface area contributed by atoms with Crippen LogP contribution < -0.4 is 5.32 Å². The molecule has 1 aromatic carbocycles. The van der Waals surface area contributed by atoms with Gasteiger partial charge < -0.3 is 5.32 Å². The average Bonchev–Trinajstić information content (AvgIpc) is 2.75. The normalized spacial score (nSPS) is 23.6. The number of imide groups is 1. The Balaban J connectivity index is 1.65. The Morgan fingerprint density at radius 1 is 1.09 bits per heavy atom. The third-order valence-corrected chi connectivity index (χ3v) is 4.75. The van der Waals surface area contributed by atoms with E-state index >= 15 is 0 Å². The van der Waals surface area contributed by atoms with Crippen LogP contribution in [0.3, 0.4) is 0 Å². The van der Waals surface area contributed by atoms with Gasteiger partial charge in [-0.05, 0) is 59.7 Å². The van der Waals surface area contributed by atoms with Gasteiger partial charge in [0.2, 0.25) is 17.7 Å². The first-order valence-corrected chi connectivity index (χ1v) is 8.20. The van der Waals surface area contributed by atoms with Gasteiger partial charge in [0, 0.05) is 9.26 Å². The molecular formula is C16H15IN2O3. The number of carbonyl (C=O) groups excluding carboxylic acids is 3. The van der Waals surface area contributed by atoms with Gasteiger partial charge in [-0.1, -0.05) is 12.2 Å². The lowest BCUT2D eigenvalue weighted by atomic mass is 9.85. The van der Waals surface area contributed by atoms with Crippen LogP contribution >= 0.6 is 22.6 Å². The van der Waals surface area contributed by atoms with Gasteiger partial charge in [0.1, 0.15) is 6.54 Å². The van der Waals surface area contributed by atoms with Crippen molar-refractivity contribution in [1.29, 1.82) is 0 Å². The highest BCUT2D eigenvalue weighted by molar-refractivity contribution is 14.1. The Labute approximate surface area is 141 Å². The molecule has 3 amide bonds. The van der Waals surface area contributed by atoms with Gasteiger partial charge in [0.25, 0.3) is 0 Å². The minimum atomic E-state index is -0.352. The van der Waals surface area contributed by atoms with Gasteiger partial charge in [-0.3, -0.25) is 19.3 Å². The van der Waals surface area contributed by atoms with Crippen molar-refractivity contribution < 1.29 is 14.4 Å². The molecule has 2 aliphatic rings. The zero-order valence-electron chi connectivity index (χ0n) is 11.8. The number of halogens is 1. The van der Waals surface area contributed by atoms with Crippen LogP contribution in [-0.2, 0) is 14.4 Å². The largest absolute Gasteiger partial charge is 0.325 e. The second kappa shape index (κ2) is 6.20. The monoisotopic (exact) mass is 410 g/mol. The maximum absolute atomic E-state index is 12.3. The molecule has 1 fully saturated rings. The highest BCUT2D eigenvalue weighted by atomic mass is 127. The predicted octanol–water partition coefficient (Wildman–Crippen LogP) is 2.18. The molecule has 1 saturated heterocycles. The second-order valence-electron chi connectivity index (χ2n) is 5.47. The van der Waals surface area contributed by atoms with Crippen molar-refractivity contribution in [2.45, 2.75) is 12.8 Å². The molecule has 0 aromatic heterocycles. The Morgan fingerprint density at radius 3 is 2.18 bits per heavy atom. The fourth-order valence-electron chi connectivity index (χ4n) is 2.90. The Kier molecular flexibility index (Phi) is 4.28. The van der Waals surface area contributed by atoms with Crippen LogP contribution in [0.1, 0.15) is 12.8 Å². The van der Waals surface area contributed by atoms with E-state index in [1.165, 1.54) is 0 Å². The molecule has 1 aliphatic carbocycles. The van der Waals surface area contributed by atoms with Crippen molar-refractivity contribution in [3.8, 4) is 0 Å². The molecule has 2 unspecified atom stereocenters. The summed E-state index contributed by atoms with van der Waals surface area (Å²) in [4.78, 5) is 37.7. The second-order valence-corrected chi connectivity index (χ2v) is 6.72. The quantitative estimate of drug-likeness (QED) is 0.472. The van der Waals surface area contributed by atoms with Crippen molar-refractivity contribution >= 4 is 46.0 Å². The maximum atomic E-state index is 12.3. The number of rotatable bonds is 3. The number of carbonyl (C=O) groups is 3. The molecular weight excluding hydrogens is 395 g/mol. The van der Waals surface area contributed by atoms with E-state index in [1.807, 2.05) is 24.3 Å². The molecule has 22 heavy (non-hydrogen) atoms. The molecule has 1 heterocycles. The summed E-state index contributed by atoms with van der Waals surface area (Å²) in [5.74, 6) is -1.38. The third-order valence-electron chi connectivity index (χ3n) is 4.03. The SMILES string of the molecule is O=C(CN1C(=O)C2CC=CCC2C1=O)Nc1ccc(I)cc1. The summed E-state index contributed by atoms with van der Waals surface area (Å²) >= 11 is 2.18. The summed E-state index contributed by atoms with van der Waals surface area (Å²) in [5.41, 5.74) is 0.656. The summed E-state index contributed by atoms with van der Waals surface area (Å²) in [5, 5.41) is 2.71. The molecule has 0 bridgehead atoms. The number of fused-ring (bicyclic) bond motifs is 1. The topological polar surface area (TPSA) is 66.5 Å². The van der Waals surface area contributed by atoms with Crippen LogP contribution in [0.25, 0.3) is 0 Å². The van der Waals surface area contributed by atoms with E-state index in [-0.39, 0.29) is 36.1 Å². The van der Waals surface area contributed by atoms with Crippen LogP contribution in [0.15, 0.2) is 36.4 Å². The number of nitrogens with zero attached hydrogens (tertiary/aromatic N) is 1. The Morgan fingerprint density at radius 2 is 1.64 bits per heavy atom. The zero-order chi connectivity index (χ0) is 15.7. The maximum Gasteiger partial charge on any atom is 0.244 e. The molecule has 3 rings (SSSR count). The van der Waals surface area contributed by atoms with Crippen LogP contribution in [0, 0.1) is 15.4 Å². The van der Waals surface area contributed by atoms with Gasteiger partial charge in [0.15, 0.2) is 0 Å². The number of hydrogen-bond donors (Lipinski definition) is 1. The van der Waals surface area contributed by atoms with Crippen LogP contribution in [0.5, 0.6) is 0 Å². The summed E-state index contributed by atoms with van der Waals surface area (Å²) < 4.78 is 1.07. The van der Waals surface area contributed by atoms with Crippen molar-refractivity contribution in [3.63, 3.8) is 0 Å². The fraction of sp³-hybridized carbons (Fsp3) is 0.312. The molecule has 5 nitrogen and oxygen atoms in total. The highest BCUT2D eigenvalue weighted by Gasteiger charge is 2.47. The third kappa shape index (κ3) is 2.92. The molecule has 1 aromatic rings. The number of likely N-dealkylation sites (tertiary alicyclic amines) is 1. The molecule has 114 valence electrons. The summed E-state index contributed by atoms with van der Waals surface area (Å²) in [6.45, 7) is -0.212. The average molecular weight is 410 g/mol. The Bertz CT molecular complexity index is 628. The van der Waals surface area contributed by atoms with Crippen LogP contribution in [-0.4, -0.2) is 29.2 Å². The number of amides is 3. The van der Waals surface area contributed by atoms with E-state index in [4.69, 9.17) is 0 Å². The van der Waals surface area contributed by atoms with E-state index < -0.39 is 0 Å². The van der Waals surface area contributed by atoms with Gasteiger partial charge >= 0.3 is 0 Å².